The molecule has 1 aliphatic rings. The number of nitrogens with zero attached hydrogens (tertiary/aromatic N) is 5. The van der Waals surface area contributed by atoms with Crippen molar-refractivity contribution in [2.75, 3.05) is 12.3 Å². The first kappa shape index (κ1) is 22.4. The Morgan fingerprint density at radius 1 is 1.33 bits per heavy atom. The van der Waals surface area contributed by atoms with Crippen LogP contribution in [0.3, 0.4) is 0 Å². The second-order valence-electron chi connectivity index (χ2n) is 7.15. The van der Waals surface area contributed by atoms with Crippen LogP contribution < -0.4 is 0 Å². The van der Waals surface area contributed by atoms with Gasteiger partial charge in [-0.15, -0.1) is 5.10 Å². The van der Waals surface area contributed by atoms with Crippen LogP contribution in [0.1, 0.15) is 31.2 Å². The third-order valence-corrected chi connectivity index (χ3v) is 6.12. The van der Waals surface area contributed by atoms with E-state index in [1.807, 2.05) is 0 Å². The average molecular weight is 438 g/mol. The maximum absolute atomic E-state index is 14.4. The van der Waals surface area contributed by atoms with Gasteiger partial charge in [-0.3, -0.25) is 4.79 Å². The zero-order valence-electron chi connectivity index (χ0n) is 16.7. The SMILES string of the molecule is Cn1nnnc1SCCCCN1C(=O)CC[C@@H]1/C=C/[C@@H](O)C(F)(F)c1ccccc1. The zero-order chi connectivity index (χ0) is 21.6. The highest BCUT2D eigenvalue weighted by molar-refractivity contribution is 7.99. The van der Waals surface area contributed by atoms with Crippen LogP contribution in [0.2, 0.25) is 0 Å². The molecule has 0 unspecified atom stereocenters. The van der Waals surface area contributed by atoms with Crippen LogP contribution in [0.5, 0.6) is 0 Å². The normalized spacial score (nSPS) is 18.5. The molecular formula is C20H25F2N5O2S. The molecule has 3 rings (SSSR count). The molecular weight excluding hydrogens is 412 g/mol. The number of tetrazole rings is 1. The summed E-state index contributed by atoms with van der Waals surface area (Å²) in [5.74, 6) is -2.56. The van der Waals surface area contributed by atoms with E-state index in [0.717, 1.165) is 29.8 Å². The van der Waals surface area contributed by atoms with Gasteiger partial charge in [-0.1, -0.05) is 54.2 Å². The Morgan fingerprint density at radius 2 is 2.10 bits per heavy atom. The van der Waals surface area contributed by atoms with E-state index in [0.29, 0.717) is 19.4 Å². The second-order valence-corrected chi connectivity index (χ2v) is 8.21. The van der Waals surface area contributed by atoms with E-state index in [1.54, 1.807) is 34.5 Å². The van der Waals surface area contributed by atoms with Crippen molar-refractivity contribution in [3.8, 4) is 0 Å². The number of halogens is 2. The number of rotatable bonds is 10. The van der Waals surface area contributed by atoms with E-state index in [4.69, 9.17) is 0 Å². The summed E-state index contributed by atoms with van der Waals surface area (Å²) in [5.41, 5.74) is -0.239. The number of amides is 1. The molecule has 2 atom stereocenters. The number of unbranched alkanes of at least 4 members (excludes halogenated alkanes) is 1. The van der Waals surface area contributed by atoms with Crippen molar-refractivity contribution >= 4 is 17.7 Å². The number of thioether (sulfide) groups is 1. The van der Waals surface area contributed by atoms with Crippen molar-refractivity contribution < 1.29 is 18.7 Å². The van der Waals surface area contributed by atoms with Crippen molar-refractivity contribution in [1.82, 2.24) is 25.1 Å². The highest BCUT2D eigenvalue weighted by Crippen LogP contribution is 2.32. The lowest BCUT2D eigenvalue weighted by atomic mass is 10.0. The summed E-state index contributed by atoms with van der Waals surface area (Å²) in [6.45, 7) is 0.552. The first-order valence-corrected chi connectivity index (χ1v) is 10.8. The monoisotopic (exact) mass is 437 g/mol. The maximum Gasteiger partial charge on any atom is 0.302 e. The number of aliphatic hydroxyl groups is 1. The topological polar surface area (TPSA) is 84.1 Å². The maximum atomic E-state index is 14.4. The van der Waals surface area contributed by atoms with Gasteiger partial charge in [0.1, 0.15) is 6.10 Å². The first-order valence-electron chi connectivity index (χ1n) is 9.84. The minimum absolute atomic E-state index is 0.0131. The van der Waals surface area contributed by atoms with Gasteiger partial charge in [0.2, 0.25) is 11.1 Å². The number of aromatic nitrogens is 4. The second kappa shape index (κ2) is 10.1. The summed E-state index contributed by atoms with van der Waals surface area (Å²) >= 11 is 1.55. The summed E-state index contributed by atoms with van der Waals surface area (Å²) in [6.07, 6.45) is 3.31. The van der Waals surface area contributed by atoms with Gasteiger partial charge < -0.3 is 10.0 Å². The average Bonchev–Trinajstić information content (AvgIpc) is 3.31. The summed E-state index contributed by atoms with van der Waals surface area (Å²) in [7, 11) is 1.78. The highest BCUT2D eigenvalue weighted by Gasteiger charge is 2.39. The summed E-state index contributed by atoms with van der Waals surface area (Å²) in [5, 5.41) is 22.0. The Hall–Kier alpha value is -2.33. The van der Waals surface area contributed by atoms with Crippen molar-refractivity contribution in [1.29, 1.82) is 0 Å². The molecule has 1 aliphatic heterocycles. The fourth-order valence-corrected chi connectivity index (χ4v) is 4.17. The van der Waals surface area contributed by atoms with Crippen LogP contribution >= 0.6 is 11.8 Å². The van der Waals surface area contributed by atoms with Crippen molar-refractivity contribution in [3.05, 3.63) is 48.0 Å². The fraction of sp³-hybridized carbons (Fsp3) is 0.500. The molecule has 0 bridgehead atoms. The molecule has 7 nitrogen and oxygen atoms in total. The number of hydrogen-bond donors (Lipinski definition) is 1. The number of hydrogen-bond acceptors (Lipinski definition) is 6. The minimum atomic E-state index is -3.39. The lowest BCUT2D eigenvalue weighted by Crippen LogP contribution is -2.34. The van der Waals surface area contributed by atoms with Gasteiger partial charge in [0.15, 0.2) is 0 Å². The molecule has 162 valence electrons. The van der Waals surface area contributed by atoms with E-state index in [1.165, 1.54) is 30.3 Å². The van der Waals surface area contributed by atoms with Crippen LogP contribution in [0.4, 0.5) is 8.78 Å². The van der Waals surface area contributed by atoms with Gasteiger partial charge in [0.25, 0.3) is 0 Å². The van der Waals surface area contributed by atoms with Gasteiger partial charge in [-0.2, -0.15) is 8.78 Å². The number of likely N-dealkylation sites (tertiary alicyclic amines) is 1. The van der Waals surface area contributed by atoms with Crippen molar-refractivity contribution in [2.45, 2.75) is 48.9 Å². The molecule has 1 N–H and O–H groups in total. The largest absolute Gasteiger partial charge is 0.382 e. The predicted octanol–water partition coefficient (Wildman–Crippen LogP) is 2.78. The van der Waals surface area contributed by atoms with Crippen LogP contribution in [0.15, 0.2) is 47.6 Å². The standard InChI is InChI=1S/C20H25F2N5O2S/c1-26-19(23-24-25-26)30-14-6-5-13-27-16(10-12-18(27)29)9-11-17(28)20(21,22)15-7-3-2-4-8-15/h2-4,7-9,11,16-17,28H,5-6,10,12-14H2,1H3/b11-9+/t16-,17+/m0/s1. The van der Waals surface area contributed by atoms with Crippen LogP contribution in [-0.2, 0) is 17.8 Å². The Labute approximate surface area is 178 Å². The molecule has 1 fully saturated rings. The van der Waals surface area contributed by atoms with Crippen molar-refractivity contribution in [3.63, 3.8) is 0 Å². The number of carbonyl (C=O) groups excluding carboxylic acids is 1. The minimum Gasteiger partial charge on any atom is -0.382 e. The lowest BCUT2D eigenvalue weighted by molar-refractivity contribution is -0.128. The van der Waals surface area contributed by atoms with Gasteiger partial charge in [0.05, 0.1) is 6.04 Å². The number of aliphatic hydroxyl groups excluding tert-OH is 1. The molecule has 1 aromatic carbocycles. The first-order chi connectivity index (χ1) is 14.4. The Balaban J connectivity index is 1.49. The van der Waals surface area contributed by atoms with E-state index < -0.39 is 12.0 Å². The predicted molar refractivity (Wildman–Crippen MR) is 109 cm³/mol. The molecule has 30 heavy (non-hydrogen) atoms. The molecule has 2 heterocycles. The molecule has 2 aromatic rings. The number of aryl methyl sites for hydroxylation is 1. The van der Waals surface area contributed by atoms with Crippen LogP contribution in [0, 0.1) is 0 Å². The molecule has 10 heteroatoms. The van der Waals surface area contributed by atoms with E-state index >= 15 is 0 Å². The summed E-state index contributed by atoms with van der Waals surface area (Å²) in [4.78, 5) is 13.9. The molecule has 1 amide bonds. The highest BCUT2D eigenvalue weighted by atomic mass is 32.2. The molecule has 1 aromatic heterocycles. The number of alkyl halides is 2. The Morgan fingerprint density at radius 3 is 2.80 bits per heavy atom. The summed E-state index contributed by atoms with van der Waals surface area (Å²) < 4.78 is 30.5. The Bertz CT molecular complexity index is 862. The number of carbonyl (C=O) groups is 1. The smallest absolute Gasteiger partial charge is 0.302 e. The molecule has 0 radical (unpaired) electrons. The van der Waals surface area contributed by atoms with Crippen molar-refractivity contribution in [2.24, 2.45) is 7.05 Å². The van der Waals surface area contributed by atoms with Gasteiger partial charge in [-0.05, 0) is 29.7 Å². The molecule has 0 aliphatic carbocycles. The quantitative estimate of drug-likeness (QED) is 0.350. The van der Waals surface area contributed by atoms with Gasteiger partial charge in [0, 0.05) is 31.3 Å². The van der Waals surface area contributed by atoms with Gasteiger partial charge >= 0.3 is 5.92 Å². The third-order valence-electron chi connectivity index (χ3n) is 5.03. The van der Waals surface area contributed by atoms with Gasteiger partial charge in [-0.25, -0.2) is 4.68 Å². The van der Waals surface area contributed by atoms with E-state index in [2.05, 4.69) is 15.5 Å². The molecule has 0 spiro atoms. The summed E-state index contributed by atoms with van der Waals surface area (Å²) in [6, 6.07) is 6.97. The van der Waals surface area contributed by atoms with Crippen LogP contribution in [0.25, 0.3) is 0 Å². The van der Waals surface area contributed by atoms with Crippen LogP contribution in [-0.4, -0.2) is 60.6 Å². The lowest BCUT2D eigenvalue weighted by Gasteiger charge is -2.24. The Kier molecular flexibility index (Phi) is 7.54. The zero-order valence-corrected chi connectivity index (χ0v) is 17.5. The van der Waals surface area contributed by atoms with E-state index in [9.17, 15) is 18.7 Å². The molecule has 1 saturated heterocycles. The third kappa shape index (κ3) is 5.42. The van der Waals surface area contributed by atoms with E-state index in [-0.39, 0.29) is 17.5 Å². The number of benzene rings is 1. The fourth-order valence-electron chi connectivity index (χ4n) is 3.32. The molecule has 0 saturated carbocycles.